The number of hydrogen-bond acceptors (Lipinski definition) is 5. The Labute approximate surface area is 186 Å². The van der Waals surface area contributed by atoms with Gasteiger partial charge in [0.25, 0.3) is 0 Å². The summed E-state index contributed by atoms with van der Waals surface area (Å²) >= 11 is 5.72. The molecule has 0 aliphatic carbocycles. The van der Waals surface area contributed by atoms with Crippen molar-refractivity contribution in [2.45, 2.75) is 12.1 Å². The Bertz CT molecular complexity index is 1210. The van der Waals surface area contributed by atoms with Gasteiger partial charge in [0.15, 0.2) is 5.11 Å². The number of aromatic nitrogens is 2. The molecule has 3 heterocycles. The molecular formula is C21H23N5O3S2. The van der Waals surface area contributed by atoms with Crippen molar-refractivity contribution in [3.05, 3.63) is 72.3 Å². The number of benzene rings is 1. The zero-order valence-corrected chi connectivity index (χ0v) is 18.9. The van der Waals surface area contributed by atoms with Crippen LogP contribution in [0.4, 0.5) is 11.4 Å². The summed E-state index contributed by atoms with van der Waals surface area (Å²) in [5, 5.41) is 3.95. The minimum atomic E-state index is -3.44. The smallest absolute Gasteiger partial charge is 0.229 e. The van der Waals surface area contributed by atoms with Gasteiger partial charge in [-0.2, -0.15) is 0 Å². The predicted octanol–water partition coefficient (Wildman–Crippen LogP) is 2.98. The van der Waals surface area contributed by atoms with E-state index in [0.717, 1.165) is 23.3 Å². The number of rotatable bonds is 6. The summed E-state index contributed by atoms with van der Waals surface area (Å²) in [6.45, 7) is 0. The maximum atomic E-state index is 11.7. The van der Waals surface area contributed by atoms with Crippen molar-refractivity contribution in [1.82, 2.24) is 14.9 Å². The molecule has 0 radical (unpaired) electrons. The van der Waals surface area contributed by atoms with Crippen LogP contribution in [0.2, 0.25) is 0 Å². The summed E-state index contributed by atoms with van der Waals surface area (Å²) in [5.41, 5.74) is 3.07. The van der Waals surface area contributed by atoms with Crippen LogP contribution in [-0.4, -0.2) is 36.4 Å². The van der Waals surface area contributed by atoms with Crippen molar-refractivity contribution in [3.8, 4) is 5.75 Å². The number of nitrogens with zero attached hydrogens (tertiary/aromatic N) is 3. The van der Waals surface area contributed by atoms with E-state index in [1.807, 2.05) is 48.5 Å². The lowest BCUT2D eigenvalue weighted by molar-refractivity contribution is 0.417. The van der Waals surface area contributed by atoms with Crippen LogP contribution in [0.3, 0.4) is 0 Å². The molecule has 1 aliphatic rings. The summed E-state index contributed by atoms with van der Waals surface area (Å²) in [5.74, 6) is 0.401. The average molecular weight is 458 g/mol. The van der Waals surface area contributed by atoms with Gasteiger partial charge in [-0.25, -0.2) is 8.42 Å². The van der Waals surface area contributed by atoms with Crippen LogP contribution in [0.5, 0.6) is 5.75 Å². The number of sulfonamides is 1. The van der Waals surface area contributed by atoms with Gasteiger partial charge in [0.1, 0.15) is 11.8 Å². The monoisotopic (exact) mass is 457 g/mol. The molecule has 1 fully saturated rings. The molecule has 2 atom stereocenters. The van der Waals surface area contributed by atoms with Gasteiger partial charge in [-0.15, -0.1) is 0 Å². The van der Waals surface area contributed by atoms with Crippen molar-refractivity contribution in [2.75, 3.05) is 23.0 Å². The number of ether oxygens (including phenoxy) is 1. The first-order valence-corrected chi connectivity index (χ1v) is 11.9. The molecule has 0 unspecified atom stereocenters. The first-order valence-electron chi connectivity index (χ1n) is 9.56. The molecule has 0 amide bonds. The Balaban J connectivity index is 1.81. The second-order valence-corrected chi connectivity index (χ2v) is 9.43. The summed E-state index contributed by atoms with van der Waals surface area (Å²) in [4.78, 5) is 6.55. The molecule has 2 N–H and O–H groups in total. The maximum absolute atomic E-state index is 11.7. The highest BCUT2D eigenvalue weighted by Crippen LogP contribution is 2.43. The van der Waals surface area contributed by atoms with Crippen LogP contribution < -0.4 is 19.7 Å². The summed E-state index contributed by atoms with van der Waals surface area (Å²) in [7, 11) is 0.0463. The zero-order valence-electron chi connectivity index (χ0n) is 17.3. The van der Waals surface area contributed by atoms with Crippen molar-refractivity contribution in [1.29, 1.82) is 0 Å². The fraction of sp³-hybridized carbons (Fsp3) is 0.238. The van der Waals surface area contributed by atoms with Crippen LogP contribution in [0, 0.1) is 0 Å². The van der Waals surface area contributed by atoms with Gasteiger partial charge in [-0.1, -0.05) is 6.07 Å². The number of hydrogen-bond donors (Lipinski definition) is 2. The van der Waals surface area contributed by atoms with E-state index in [2.05, 4.69) is 25.7 Å². The molecule has 162 valence electrons. The largest absolute Gasteiger partial charge is 0.494 e. The maximum Gasteiger partial charge on any atom is 0.229 e. The van der Waals surface area contributed by atoms with Crippen molar-refractivity contribution >= 4 is 38.7 Å². The van der Waals surface area contributed by atoms with Gasteiger partial charge in [0.05, 0.1) is 30.8 Å². The van der Waals surface area contributed by atoms with Crippen LogP contribution in [-0.2, 0) is 17.1 Å². The second-order valence-electron chi connectivity index (χ2n) is 7.30. The summed E-state index contributed by atoms with van der Waals surface area (Å²) in [6, 6.07) is 14.8. The van der Waals surface area contributed by atoms with Crippen molar-refractivity contribution in [3.63, 3.8) is 0 Å². The van der Waals surface area contributed by atoms with E-state index in [9.17, 15) is 8.42 Å². The number of methoxy groups -OCH3 is 1. The van der Waals surface area contributed by atoms with E-state index in [1.54, 1.807) is 18.3 Å². The topological polar surface area (TPSA) is 88.5 Å². The van der Waals surface area contributed by atoms with Crippen LogP contribution in [0.15, 0.2) is 60.9 Å². The lowest BCUT2D eigenvalue weighted by Crippen LogP contribution is -2.30. The first-order chi connectivity index (χ1) is 14.8. The Morgan fingerprint density at radius 1 is 1.19 bits per heavy atom. The highest BCUT2D eigenvalue weighted by Gasteiger charge is 2.42. The van der Waals surface area contributed by atoms with E-state index in [4.69, 9.17) is 17.0 Å². The molecule has 0 saturated carbocycles. The standard InChI is InChI=1S/C21H23N5O3S2/c1-25-12-6-8-17(25)20-19(16-7-4-5-11-22-16)23-21(30)26(20)14-9-10-15(18(13-14)29-2)24-31(3,27)28/h4-13,19-20,24H,1-3H3,(H,23,30)/t19-,20+/m1/s1. The normalized spacial score (nSPS) is 18.7. The third-order valence-corrected chi connectivity index (χ3v) is 6.05. The molecule has 0 spiro atoms. The van der Waals surface area contributed by atoms with E-state index >= 15 is 0 Å². The third kappa shape index (κ3) is 4.21. The quantitative estimate of drug-likeness (QED) is 0.550. The van der Waals surface area contributed by atoms with Gasteiger partial charge in [0.2, 0.25) is 10.0 Å². The molecule has 31 heavy (non-hydrogen) atoms. The average Bonchev–Trinajstić information content (AvgIpc) is 3.30. The van der Waals surface area contributed by atoms with Crippen LogP contribution >= 0.6 is 12.2 Å². The molecule has 1 aliphatic heterocycles. The number of nitrogens with one attached hydrogen (secondary N) is 2. The Kier molecular flexibility index (Phi) is 5.59. The molecule has 0 bridgehead atoms. The zero-order chi connectivity index (χ0) is 22.2. The Morgan fingerprint density at radius 3 is 2.61 bits per heavy atom. The van der Waals surface area contributed by atoms with Crippen LogP contribution in [0.25, 0.3) is 0 Å². The minimum absolute atomic E-state index is 0.165. The molecule has 8 nitrogen and oxygen atoms in total. The van der Waals surface area contributed by atoms with Gasteiger partial charge >= 0.3 is 0 Å². The van der Waals surface area contributed by atoms with Gasteiger partial charge in [-0.3, -0.25) is 9.71 Å². The number of thiocarbonyl (C=S) groups is 1. The molecule has 1 aromatic carbocycles. The fourth-order valence-corrected chi connectivity index (χ4v) is 4.74. The molecular weight excluding hydrogens is 434 g/mol. The first kappa shape index (κ1) is 21.1. The minimum Gasteiger partial charge on any atom is -0.494 e. The highest BCUT2D eigenvalue weighted by molar-refractivity contribution is 7.92. The van der Waals surface area contributed by atoms with E-state index in [-0.39, 0.29) is 12.1 Å². The van der Waals surface area contributed by atoms with Gasteiger partial charge in [-0.05, 0) is 48.6 Å². The second kappa shape index (κ2) is 8.20. The summed E-state index contributed by atoms with van der Waals surface area (Å²) in [6.07, 6.45) is 4.85. The molecule has 3 aromatic rings. The van der Waals surface area contributed by atoms with Crippen LogP contribution in [0.1, 0.15) is 23.5 Å². The van der Waals surface area contributed by atoms with Gasteiger partial charge < -0.3 is 19.5 Å². The molecule has 2 aromatic heterocycles. The van der Waals surface area contributed by atoms with Crippen molar-refractivity contribution in [2.24, 2.45) is 7.05 Å². The number of aryl methyl sites for hydroxylation is 1. The van der Waals surface area contributed by atoms with Crippen molar-refractivity contribution < 1.29 is 13.2 Å². The lowest BCUT2D eigenvalue weighted by Gasteiger charge is -2.28. The highest BCUT2D eigenvalue weighted by atomic mass is 32.2. The molecule has 4 rings (SSSR count). The number of pyridine rings is 1. The Hall–Kier alpha value is -3.11. The lowest BCUT2D eigenvalue weighted by atomic mass is 10.0. The third-order valence-electron chi connectivity index (χ3n) is 5.14. The van der Waals surface area contributed by atoms with E-state index in [1.165, 1.54) is 7.11 Å². The molecule has 1 saturated heterocycles. The molecule has 10 heteroatoms. The fourth-order valence-electron chi connectivity index (χ4n) is 3.83. The SMILES string of the molecule is COc1cc(N2C(=S)N[C@H](c3ccccn3)[C@@H]2c2cccn2C)ccc1NS(C)(=O)=O. The van der Waals surface area contributed by atoms with E-state index in [0.29, 0.717) is 16.5 Å². The number of anilines is 2. The van der Waals surface area contributed by atoms with Gasteiger partial charge in [0, 0.05) is 36.9 Å². The van der Waals surface area contributed by atoms with E-state index < -0.39 is 10.0 Å². The predicted molar refractivity (Wildman–Crippen MR) is 125 cm³/mol. The Morgan fingerprint density at radius 2 is 2.00 bits per heavy atom. The summed E-state index contributed by atoms with van der Waals surface area (Å²) < 4.78 is 33.4.